The standard InChI is InChI=1S/C52H84N4O/c1-32-27-33(2)51-44(28-32)40-24-21-37(31-49(40)57-51)50-41-18-9-11-19-45(41)54-52(55-50)56-47-20-12-10-17-39(47)43-30-36(23-26-48(43)56)35-22-25-46(53-38-15-7-4-8-16-38)42(29-35)34-13-5-3-6-14-34/h3,5,12,20,32-55H,4,6-11,13-19,21-31H2,1-2H3. The van der Waals surface area contributed by atoms with Crippen molar-refractivity contribution >= 4 is 0 Å². The van der Waals surface area contributed by atoms with Gasteiger partial charge < -0.3 is 10.1 Å². The molecule has 3 saturated heterocycles. The number of rotatable bonds is 6. The zero-order chi connectivity index (χ0) is 38.0. The summed E-state index contributed by atoms with van der Waals surface area (Å²) in [6.45, 7) is 5.02. The molecule has 3 aliphatic heterocycles. The van der Waals surface area contributed by atoms with Gasteiger partial charge in [0.2, 0.25) is 0 Å². The molecule has 11 aliphatic rings. The van der Waals surface area contributed by atoms with Crippen LogP contribution in [0.15, 0.2) is 24.3 Å². The molecule has 3 heterocycles. The average molecular weight is 781 g/mol. The van der Waals surface area contributed by atoms with Gasteiger partial charge in [0.05, 0.1) is 12.2 Å². The van der Waals surface area contributed by atoms with E-state index in [0.29, 0.717) is 36.6 Å². The maximum atomic E-state index is 7.13. The zero-order valence-electron chi connectivity index (χ0n) is 36.5. The van der Waals surface area contributed by atoms with Gasteiger partial charge in [0.25, 0.3) is 0 Å². The Morgan fingerprint density at radius 2 is 1.39 bits per heavy atom. The van der Waals surface area contributed by atoms with Crippen molar-refractivity contribution in [3.8, 4) is 0 Å². The van der Waals surface area contributed by atoms with Crippen molar-refractivity contribution in [3.05, 3.63) is 24.3 Å². The SMILES string of the molecule is CC1CC(C)C2OC3CC(C4NC(N5C6C=CCCC6C6CC(C7CCC(NC8CCCCC8)C(C8CC=CCC8)C7)CCC65)NC5CCCCC54)CCC3C2C1. The van der Waals surface area contributed by atoms with Gasteiger partial charge in [-0.25, -0.2) is 0 Å². The number of likely N-dealkylation sites (tertiary alicyclic amines) is 1. The van der Waals surface area contributed by atoms with Crippen LogP contribution >= 0.6 is 0 Å². The highest BCUT2D eigenvalue weighted by atomic mass is 16.5. The largest absolute Gasteiger partial charge is 0.374 e. The van der Waals surface area contributed by atoms with Gasteiger partial charge in [-0.2, -0.15) is 0 Å². The maximum absolute atomic E-state index is 7.13. The molecule has 0 spiro atoms. The zero-order valence-corrected chi connectivity index (χ0v) is 36.5. The summed E-state index contributed by atoms with van der Waals surface area (Å²) in [4.78, 5) is 3.11. The van der Waals surface area contributed by atoms with Crippen LogP contribution in [0, 0.1) is 71.0 Å². The molecule has 6 saturated carbocycles. The Balaban J connectivity index is 0.795. The monoisotopic (exact) mass is 781 g/mol. The van der Waals surface area contributed by atoms with E-state index in [0.717, 1.165) is 89.1 Å². The number of ether oxygens (including phenoxy) is 1. The summed E-state index contributed by atoms with van der Waals surface area (Å²) in [6.07, 6.45) is 47.3. The van der Waals surface area contributed by atoms with Crippen molar-refractivity contribution in [1.82, 2.24) is 20.9 Å². The van der Waals surface area contributed by atoms with Crippen molar-refractivity contribution in [1.29, 1.82) is 0 Å². The Kier molecular flexibility index (Phi) is 11.6. The van der Waals surface area contributed by atoms with Gasteiger partial charge in [-0.1, -0.05) is 70.3 Å². The second-order valence-corrected chi connectivity index (χ2v) is 23.2. The number of fused-ring (bicyclic) bond motifs is 7. The molecule has 3 N–H and O–H groups in total. The molecule has 20 unspecified atom stereocenters. The van der Waals surface area contributed by atoms with Gasteiger partial charge >= 0.3 is 0 Å². The van der Waals surface area contributed by atoms with Gasteiger partial charge in [0, 0.05) is 36.3 Å². The Bertz CT molecular complexity index is 1420. The highest BCUT2D eigenvalue weighted by molar-refractivity contribution is 5.16. The van der Waals surface area contributed by atoms with Crippen LogP contribution in [0.3, 0.4) is 0 Å². The molecule has 318 valence electrons. The van der Waals surface area contributed by atoms with Gasteiger partial charge in [0.1, 0.15) is 6.29 Å². The normalized spacial score (nSPS) is 53.0. The lowest BCUT2D eigenvalue weighted by Crippen LogP contribution is -2.72. The predicted molar refractivity (Wildman–Crippen MR) is 233 cm³/mol. The first-order valence-electron chi connectivity index (χ1n) is 26.1. The fraction of sp³-hybridized carbons (Fsp3) is 0.923. The summed E-state index contributed by atoms with van der Waals surface area (Å²) in [5.74, 6) is 10.3. The minimum Gasteiger partial charge on any atom is -0.374 e. The van der Waals surface area contributed by atoms with Crippen LogP contribution in [0.4, 0.5) is 0 Å². The van der Waals surface area contributed by atoms with Gasteiger partial charge in [-0.3, -0.25) is 15.5 Å². The fourth-order valence-electron chi connectivity index (χ4n) is 17.8. The highest BCUT2D eigenvalue weighted by Gasteiger charge is 2.57. The maximum Gasteiger partial charge on any atom is 0.115 e. The second kappa shape index (κ2) is 16.9. The molecule has 0 aromatic rings. The first-order valence-corrected chi connectivity index (χ1v) is 26.1. The molecule has 0 aromatic heterocycles. The molecule has 0 radical (unpaired) electrons. The van der Waals surface area contributed by atoms with Crippen molar-refractivity contribution < 1.29 is 4.74 Å². The molecule has 5 heteroatoms. The van der Waals surface area contributed by atoms with E-state index in [1.807, 2.05) is 0 Å². The number of allylic oxidation sites excluding steroid dienone is 3. The molecule has 20 atom stereocenters. The van der Waals surface area contributed by atoms with Crippen LogP contribution in [0.25, 0.3) is 0 Å². The summed E-state index contributed by atoms with van der Waals surface area (Å²) in [7, 11) is 0. The smallest absolute Gasteiger partial charge is 0.115 e. The lowest BCUT2D eigenvalue weighted by Gasteiger charge is -2.54. The minimum absolute atomic E-state index is 0.340. The van der Waals surface area contributed by atoms with E-state index in [1.54, 1.807) is 0 Å². The molecule has 5 nitrogen and oxygen atoms in total. The van der Waals surface area contributed by atoms with Crippen molar-refractivity contribution in [2.24, 2.45) is 71.0 Å². The molecule has 0 amide bonds. The molecular formula is C52H84N4O. The number of nitrogens with zero attached hydrogens (tertiary/aromatic N) is 1. The van der Waals surface area contributed by atoms with Gasteiger partial charge in [-0.15, -0.1) is 0 Å². The summed E-state index contributed by atoms with van der Waals surface area (Å²) in [5.41, 5.74) is 0. The molecule has 57 heavy (non-hydrogen) atoms. The third kappa shape index (κ3) is 7.54. The van der Waals surface area contributed by atoms with Crippen LogP contribution in [-0.2, 0) is 4.74 Å². The number of nitrogens with one attached hydrogen (secondary N) is 3. The summed E-state index contributed by atoms with van der Waals surface area (Å²) < 4.78 is 7.13. The molecule has 0 aromatic carbocycles. The molecule has 0 bridgehead atoms. The van der Waals surface area contributed by atoms with Gasteiger partial charge in [-0.05, 0) is 199 Å². The number of hydrogen-bond acceptors (Lipinski definition) is 5. The third-order valence-electron chi connectivity index (χ3n) is 20.2. The average Bonchev–Trinajstić information content (AvgIpc) is 3.79. The Labute approximate surface area is 348 Å². The fourth-order valence-corrected chi connectivity index (χ4v) is 17.8. The van der Waals surface area contributed by atoms with Crippen LogP contribution in [-0.4, -0.2) is 59.6 Å². The highest BCUT2D eigenvalue weighted by Crippen LogP contribution is 2.56. The van der Waals surface area contributed by atoms with E-state index >= 15 is 0 Å². The van der Waals surface area contributed by atoms with E-state index in [1.165, 1.54) is 161 Å². The molecular weight excluding hydrogens is 697 g/mol. The summed E-state index contributed by atoms with van der Waals surface area (Å²) >= 11 is 0. The molecule has 8 aliphatic carbocycles. The summed E-state index contributed by atoms with van der Waals surface area (Å²) in [6, 6.07) is 4.27. The first kappa shape index (κ1) is 39.1. The van der Waals surface area contributed by atoms with Gasteiger partial charge in [0.15, 0.2) is 0 Å². The van der Waals surface area contributed by atoms with Crippen LogP contribution in [0.1, 0.15) is 174 Å². The van der Waals surface area contributed by atoms with Crippen LogP contribution in [0.5, 0.6) is 0 Å². The third-order valence-corrected chi connectivity index (χ3v) is 20.2. The Hall–Kier alpha value is -0.720. The van der Waals surface area contributed by atoms with Crippen molar-refractivity contribution in [3.63, 3.8) is 0 Å². The minimum atomic E-state index is 0.340. The van der Waals surface area contributed by atoms with E-state index in [4.69, 9.17) is 4.74 Å². The number of hydrogen-bond donors (Lipinski definition) is 3. The van der Waals surface area contributed by atoms with Crippen LogP contribution in [0.2, 0.25) is 0 Å². The summed E-state index contributed by atoms with van der Waals surface area (Å²) in [5, 5.41) is 13.3. The molecule has 11 rings (SSSR count). The van der Waals surface area contributed by atoms with Crippen molar-refractivity contribution in [2.45, 2.75) is 229 Å². The molecule has 9 fully saturated rings. The predicted octanol–water partition coefficient (Wildman–Crippen LogP) is 10.8. The van der Waals surface area contributed by atoms with Crippen molar-refractivity contribution in [2.75, 3.05) is 0 Å². The van der Waals surface area contributed by atoms with E-state index in [9.17, 15) is 0 Å². The Morgan fingerprint density at radius 1 is 0.579 bits per heavy atom. The quantitative estimate of drug-likeness (QED) is 0.234. The first-order chi connectivity index (χ1) is 28.1. The van der Waals surface area contributed by atoms with E-state index in [2.05, 4.69) is 59.0 Å². The second-order valence-electron chi connectivity index (χ2n) is 23.2. The lowest BCUT2D eigenvalue weighted by molar-refractivity contribution is -0.0540. The Morgan fingerprint density at radius 3 is 2.26 bits per heavy atom. The van der Waals surface area contributed by atoms with Crippen LogP contribution < -0.4 is 16.0 Å². The lowest BCUT2D eigenvalue weighted by atomic mass is 9.61. The van der Waals surface area contributed by atoms with E-state index in [-0.39, 0.29) is 0 Å². The van der Waals surface area contributed by atoms with E-state index < -0.39 is 0 Å². The topological polar surface area (TPSA) is 48.6 Å².